The average molecular weight is 566 g/mol. The van der Waals surface area contributed by atoms with Gasteiger partial charge in [0, 0.05) is 24.6 Å². The summed E-state index contributed by atoms with van der Waals surface area (Å²) in [6, 6.07) is 10.5. The lowest BCUT2D eigenvalue weighted by Gasteiger charge is -2.47. The zero-order valence-electron chi connectivity index (χ0n) is 26.5. The van der Waals surface area contributed by atoms with Crippen molar-refractivity contribution >= 4 is 20.0 Å². The summed E-state index contributed by atoms with van der Waals surface area (Å²) in [7, 11) is -2.24. The van der Waals surface area contributed by atoms with Gasteiger partial charge in [0.15, 0.2) is 5.78 Å². The van der Waals surface area contributed by atoms with Gasteiger partial charge in [0.05, 0.1) is 0 Å². The zero-order valence-corrected chi connectivity index (χ0v) is 27.5. The van der Waals surface area contributed by atoms with Gasteiger partial charge < -0.3 is 4.74 Å². The third kappa shape index (κ3) is 6.50. The van der Waals surface area contributed by atoms with E-state index < -0.39 is 8.07 Å². The molecule has 1 aromatic carbocycles. The normalized spacial score (nSPS) is 22.6. The van der Waals surface area contributed by atoms with Crippen molar-refractivity contribution in [3.05, 3.63) is 59.9 Å². The molecule has 0 aromatic heterocycles. The molecule has 2 aliphatic rings. The first-order valence-corrected chi connectivity index (χ1v) is 18.0. The number of unbranched alkanes of at least 4 members (excludes halogenated alkanes) is 1. The Morgan fingerprint density at radius 1 is 1.05 bits per heavy atom. The number of hydrogen-bond acceptors (Lipinski definition) is 3. The molecule has 5 heteroatoms. The van der Waals surface area contributed by atoms with Crippen LogP contribution in [0.3, 0.4) is 0 Å². The van der Waals surface area contributed by atoms with E-state index >= 15 is 0 Å². The van der Waals surface area contributed by atoms with Gasteiger partial charge in [-0.2, -0.15) is 0 Å². The monoisotopic (exact) mass is 565 g/mol. The highest BCUT2D eigenvalue weighted by molar-refractivity contribution is 6.93. The molecule has 0 N–H and O–H groups in total. The molecule has 0 radical (unpaired) electrons. The minimum Gasteiger partial charge on any atom is -0.446 e. The van der Waals surface area contributed by atoms with E-state index in [9.17, 15) is 9.59 Å². The van der Waals surface area contributed by atoms with Crippen LogP contribution in [0.1, 0.15) is 112 Å². The average Bonchev–Trinajstić information content (AvgIpc) is 2.90. The summed E-state index contributed by atoms with van der Waals surface area (Å²) in [5.74, 6) is 0.494. The second-order valence-corrected chi connectivity index (χ2v) is 19.6. The highest BCUT2D eigenvalue weighted by Gasteiger charge is 2.51. The number of nitrogens with zero attached hydrogens (tertiary/aromatic N) is 1. The number of Topliss-reactive ketones (excluding diaryl/α,β-unsaturated/α-hetero) is 1. The third-order valence-corrected chi connectivity index (χ3v) is 17.3. The Morgan fingerprint density at radius 3 is 2.23 bits per heavy atom. The first kappa shape index (κ1) is 32.4. The predicted octanol–water partition coefficient (Wildman–Crippen LogP) is 9.76. The number of amides is 1. The van der Waals surface area contributed by atoms with Gasteiger partial charge in [-0.3, -0.25) is 9.69 Å². The van der Waals surface area contributed by atoms with Gasteiger partial charge in [-0.1, -0.05) is 98.2 Å². The summed E-state index contributed by atoms with van der Waals surface area (Å²) in [5.41, 5.74) is 2.37. The first-order valence-electron chi connectivity index (χ1n) is 15.8. The molecule has 1 amide bonds. The van der Waals surface area contributed by atoms with Crippen molar-refractivity contribution in [3.8, 4) is 0 Å². The summed E-state index contributed by atoms with van der Waals surface area (Å²) in [4.78, 5) is 29.9. The lowest BCUT2D eigenvalue weighted by atomic mass is 9.66. The molecule has 1 aliphatic carbocycles. The zero-order chi connectivity index (χ0) is 29.7. The topological polar surface area (TPSA) is 46.6 Å². The van der Waals surface area contributed by atoms with Crippen molar-refractivity contribution in [2.75, 3.05) is 0 Å². The standard InChI is InChI=1S/C35H55NO3Si/c1-10-11-13-20-29-23-31(37)33(40(25(2)3,26(4)5)27(6)7)24-36(29)34(38)39-32-22-17-16-21-30(32)35(8,9)28-18-14-12-15-19-28/h10,12,14-15,18-19,24-27,29-30,32H,1,11,13,16-17,20-23H2,2-9H3/t29-,30-,32-/m0/s1. The second-order valence-electron chi connectivity index (χ2n) is 13.7. The fourth-order valence-corrected chi connectivity index (χ4v) is 15.1. The maximum atomic E-state index is 14.2. The van der Waals surface area contributed by atoms with Crippen molar-refractivity contribution in [2.45, 2.75) is 141 Å². The van der Waals surface area contributed by atoms with Crippen molar-refractivity contribution in [2.24, 2.45) is 5.92 Å². The van der Waals surface area contributed by atoms with Gasteiger partial charge >= 0.3 is 6.09 Å². The molecule has 4 nitrogen and oxygen atoms in total. The van der Waals surface area contributed by atoms with Crippen LogP contribution in [0, 0.1) is 5.92 Å². The van der Waals surface area contributed by atoms with E-state index in [0.29, 0.717) is 23.0 Å². The minimum atomic E-state index is -2.24. The van der Waals surface area contributed by atoms with E-state index in [1.807, 2.05) is 17.2 Å². The molecule has 0 spiro atoms. The summed E-state index contributed by atoms with van der Waals surface area (Å²) in [6.45, 7) is 22.1. The number of allylic oxidation sites excluding steroid dienone is 2. The minimum absolute atomic E-state index is 0.107. The molecule has 1 aliphatic heterocycles. The lowest BCUT2D eigenvalue weighted by molar-refractivity contribution is -0.116. The maximum absolute atomic E-state index is 14.2. The molecule has 222 valence electrons. The number of ketones is 1. The van der Waals surface area contributed by atoms with Gasteiger partial charge in [-0.25, -0.2) is 4.79 Å². The molecule has 3 rings (SSSR count). The quantitative estimate of drug-likeness (QED) is 0.152. The van der Waals surface area contributed by atoms with Crippen LogP contribution in [0.2, 0.25) is 16.6 Å². The van der Waals surface area contributed by atoms with Gasteiger partial charge in [0.1, 0.15) is 14.2 Å². The largest absolute Gasteiger partial charge is 0.446 e. The number of hydrogen-bond donors (Lipinski definition) is 0. The highest BCUT2D eigenvalue weighted by Crippen LogP contribution is 2.49. The van der Waals surface area contributed by atoms with Crippen molar-refractivity contribution in [3.63, 3.8) is 0 Å². The summed E-state index contributed by atoms with van der Waals surface area (Å²) in [5, 5.41) is 0.939. The number of carbonyl (C=O) groups is 2. The molecule has 40 heavy (non-hydrogen) atoms. The van der Waals surface area contributed by atoms with Crippen LogP contribution in [0.25, 0.3) is 0 Å². The third-order valence-electron chi connectivity index (χ3n) is 10.3. The fourth-order valence-electron chi connectivity index (χ4n) is 8.30. The van der Waals surface area contributed by atoms with Crippen molar-refractivity contribution in [1.82, 2.24) is 4.90 Å². The van der Waals surface area contributed by atoms with E-state index in [1.54, 1.807) is 0 Å². The Labute approximate surface area is 245 Å². The maximum Gasteiger partial charge on any atom is 0.414 e. The molecule has 0 bridgehead atoms. The molecule has 0 unspecified atom stereocenters. The molecule has 1 fully saturated rings. The second kappa shape index (κ2) is 13.7. The van der Waals surface area contributed by atoms with E-state index in [-0.39, 0.29) is 35.4 Å². The SMILES string of the molecule is C=CCCC[C@H]1CC(=O)C([Si](C(C)C)(C(C)C)C(C)C)=CN1C(=O)O[C@H]1CCCC[C@@H]1C(C)(C)c1ccccc1. The molecule has 1 aromatic rings. The number of carbonyl (C=O) groups excluding carboxylic acids is 2. The molecular weight excluding hydrogens is 510 g/mol. The Kier molecular flexibility index (Phi) is 11.1. The molecule has 0 saturated heterocycles. The van der Waals surface area contributed by atoms with E-state index in [4.69, 9.17) is 4.74 Å². The van der Waals surface area contributed by atoms with Crippen LogP contribution in [0.15, 0.2) is 54.4 Å². The smallest absolute Gasteiger partial charge is 0.414 e. The van der Waals surface area contributed by atoms with Gasteiger partial charge in [0.25, 0.3) is 0 Å². The summed E-state index contributed by atoms with van der Waals surface area (Å²) >= 11 is 0. The first-order chi connectivity index (χ1) is 18.9. The molecule has 1 saturated carbocycles. The Morgan fingerprint density at radius 2 is 1.65 bits per heavy atom. The van der Waals surface area contributed by atoms with E-state index in [0.717, 1.165) is 50.1 Å². The van der Waals surface area contributed by atoms with Gasteiger partial charge in [0.2, 0.25) is 0 Å². The van der Waals surface area contributed by atoms with Gasteiger partial charge in [-0.15, -0.1) is 6.58 Å². The Bertz CT molecular complexity index is 1020. The number of benzene rings is 1. The van der Waals surface area contributed by atoms with Crippen molar-refractivity contribution < 1.29 is 14.3 Å². The van der Waals surface area contributed by atoms with Crippen molar-refractivity contribution in [1.29, 1.82) is 0 Å². The summed E-state index contributed by atoms with van der Waals surface area (Å²) < 4.78 is 6.49. The van der Waals surface area contributed by atoms with E-state index in [1.165, 1.54) is 5.56 Å². The molecule has 3 atom stereocenters. The molecule has 1 heterocycles. The summed E-state index contributed by atoms with van der Waals surface area (Å²) in [6.07, 6.45) is 10.6. The van der Waals surface area contributed by atoms with Crippen LogP contribution >= 0.6 is 0 Å². The number of ether oxygens (including phenoxy) is 1. The Balaban J connectivity index is 1.99. The van der Waals surface area contributed by atoms with Crippen LogP contribution < -0.4 is 0 Å². The van der Waals surface area contributed by atoms with Crippen LogP contribution in [-0.4, -0.2) is 37.0 Å². The fraction of sp³-hybridized carbons (Fsp3) is 0.657. The predicted molar refractivity (Wildman–Crippen MR) is 170 cm³/mol. The molecular formula is C35H55NO3Si. The van der Waals surface area contributed by atoms with Crippen LogP contribution in [-0.2, 0) is 14.9 Å². The lowest BCUT2D eigenvalue weighted by Crippen LogP contribution is -2.54. The van der Waals surface area contributed by atoms with Crippen LogP contribution in [0.5, 0.6) is 0 Å². The van der Waals surface area contributed by atoms with Crippen LogP contribution in [0.4, 0.5) is 4.79 Å². The Hall–Kier alpha value is -2.14. The number of rotatable bonds is 11. The van der Waals surface area contributed by atoms with E-state index in [2.05, 4.69) is 92.3 Å². The highest BCUT2D eigenvalue weighted by atomic mass is 28.3. The van der Waals surface area contributed by atoms with Gasteiger partial charge in [-0.05, 0) is 71.3 Å².